The second-order valence-electron chi connectivity index (χ2n) is 4.94. The van der Waals surface area contributed by atoms with Gasteiger partial charge in [-0.05, 0) is 36.1 Å². The van der Waals surface area contributed by atoms with E-state index in [1.54, 1.807) is 0 Å². The second-order valence-corrected chi connectivity index (χ2v) is 7.51. The first-order valence-electron chi connectivity index (χ1n) is 6.26. The molecule has 2 nitrogen and oxygen atoms in total. The smallest absolute Gasteiger partial charge is 0.1000 e. The van der Waals surface area contributed by atoms with Crippen molar-refractivity contribution in [2.24, 2.45) is 0 Å². The van der Waals surface area contributed by atoms with Gasteiger partial charge in [0, 0.05) is 16.7 Å². The third-order valence-electron chi connectivity index (χ3n) is 3.94. The van der Waals surface area contributed by atoms with E-state index < -0.39 is 0 Å². The van der Waals surface area contributed by atoms with Gasteiger partial charge in [-0.1, -0.05) is 6.92 Å². The molecular formula is C13H19NOS2. The van der Waals surface area contributed by atoms with Gasteiger partial charge in [-0.15, -0.1) is 11.3 Å². The Morgan fingerprint density at radius 2 is 2.41 bits per heavy atom. The number of ether oxygens (including phenoxy) is 1. The van der Waals surface area contributed by atoms with Crippen LogP contribution in [0.15, 0.2) is 11.4 Å². The van der Waals surface area contributed by atoms with Gasteiger partial charge >= 0.3 is 0 Å². The molecule has 3 atom stereocenters. The van der Waals surface area contributed by atoms with Crippen LogP contribution in [-0.2, 0) is 4.74 Å². The molecule has 2 saturated heterocycles. The summed E-state index contributed by atoms with van der Waals surface area (Å²) >= 11 is 3.89. The third kappa shape index (κ3) is 1.95. The standard InChI is InChI=1S/C13H19NOS2/c1-9-7-11(8-17-9)12-13(15-5-4-14-12)3-6-16-10(13)2/h7-8,10,12,14H,3-6H2,1-2H3. The topological polar surface area (TPSA) is 21.3 Å². The lowest BCUT2D eigenvalue weighted by molar-refractivity contribution is -0.0939. The van der Waals surface area contributed by atoms with Gasteiger partial charge < -0.3 is 10.1 Å². The highest BCUT2D eigenvalue weighted by atomic mass is 32.2. The fourth-order valence-electron chi connectivity index (χ4n) is 3.02. The number of rotatable bonds is 1. The molecule has 2 aliphatic rings. The van der Waals surface area contributed by atoms with Crippen LogP contribution in [0.1, 0.15) is 29.8 Å². The maximum Gasteiger partial charge on any atom is 0.1000 e. The van der Waals surface area contributed by atoms with Gasteiger partial charge in [0.05, 0.1) is 18.2 Å². The Kier molecular flexibility index (Phi) is 3.24. The van der Waals surface area contributed by atoms with Gasteiger partial charge in [0.15, 0.2) is 0 Å². The predicted octanol–water partition coefficient (Wildman–Crippen LogP) is 2.98. The van der Waals surface area contributed by atoms with Crippen LogP contribution in [0.2, 0.25) is 0 Å². The molecule has 3 unspecified atom stereocenters. The molecule has 3 heterocycles. The molecule has 17 heavy (non-hydrogen) atoms. The maximum atomic E-state index is 6.24. The SMILES string of the molecule is Cc1cc(C2NCCOC23CCSC3C)cs1. The highest BCUT2D eigenvalue weighted by molar-refractivity contribution is 8.00. The summed E-state index contributed by atoms with van der Waals surface area (Å²) in [7, 11) is 0. The average Bonchev–Trinajstić information content (AvgIpc) is 2.89. The minimum atomic E-state index is 0.0242. The molecule has 0 radical (unpaired) electrons. The van der Waals surface area contributed by atoms with Crippen molar-refractivity contribution in [1.29, 1.82) is 0 Å². The molecule has 94 valence electrons. The molecule has 0 aliphatic carbocycles. The molecule has 1 aromatic heterocycles. The van der Waals surface area contributed by atoms with E-state index in [4.69, 9.17) is 4.74 Å². The van der Waals surface area contributed by atoms with Crippen molar-refractivity contribution in [3.05, 3.63) is 21.9 Å². The van der Waals surface area contributed by atoms with Crippen LogP contribution in [0, 0.1) is 6.92 Å². The maximum absolute atomic E-state index is 6.24. The third-order valence-corrected chi connectivity index (χ3v) is 6.16. The monoisotopic (exact) mass is 269 g/mol. The normalized spacial score (nSPS) is 37.8. The molecular weight excluding hydrogens is 250 g/mol. The Bertz CT molecular complexity index is 406. The lowest BCUT2D eigenvalue weighted by Gasteiger charge is -2.44. The quantitative estimate of drug-likeness (QED) is 0.847. The summed E-state index contributed by atoms with van der Waals surface area (Å²) in [6, 6.07) is 2.69. The zero-order valence-corrected chi connectivity index (χ0v) is 12.0. The van der Waals surface area contributed by atoms with E-state index in [0.717, 1.165) is 13.2 Å². The van der Waals surface area contributed by atoms with E-state index in [0.29, 0.717) is 11.3 Å². The Balaban J connectivity index is 1.95. The minimum absolute atomic E-state index is 0.0242. The molecule has 0 saturated carbocycles. The Morgan fingerprint density at radius 1 is 1.53 bits per heavy atom. The molecule has 4 heteroatoms. The summed E-state index contributed by atoms with van der Waals surface area (Å²) in [5.74, 6) is 1.22. The number of aryl methyl sites for hydroxylation is 1. The van der Waals surface area contributed by atoms with Crippen molar-refractivity contribution in [1.82, 2.24) is 5.32 Å². The van der Waals surface area contributed by atoms with Gasteiger partial charge in [-0.25, -0.2) is 0 Å². The molecule has 1 aromatic rings. The summed E-state index contributed by atoms with van der Waals surface area (Å²) in [6.07, 6.45) is 1.17. The molecule has 1 N–H and O–H groups in total. The number of thioether (sulfide) groups is 1. The highest BCUT2D eigenvalue weighted by Gasteiger charge is 2.50. The zero-order chi connectivity index (χ0) is 11.9. The molecule has 3 rings (SSSR count). The number of nitrogens with one attached hydrogen (secondary N) is 1. The van der Waals surface area contributed by atoms with Crippen molar-refractivity contribution in [3.8, 4) is 0 Å². The van der Waals surface area contributed by atoms with Gasteiger partial charge in [0.25, 0.3) is 0 Å². The first-order chi connectivity index (χ1) is 8.22. The van der Waals surface area contributed by atoms with Crippen molar-refractivity contribution in [2.45, 2.75) is 37.2 Å². The summed E-state index contributed by atoms with van der Waals surface area (Å²) in [4.78, 5) is 1.39. The van der Waals surface area contributed by atoms with Gasteiger partial charge in [-0.3, -0.25) is 0 Å². The van der Waals surface area contributed by atoms with Crippen molar-refractivity contribution in [3.63, 3.8) is 0 Å². The summed E-state index contributed by atoms with van der Waals surface area (Å²) in [5.41, 5.74) is 1.44. The van der Waals surface area contributed by atoms with Crippen molar-refractivity contribution in [2.75, 3.05) is 18.9 Å². The lowest BCUT2D eigenvalue weighted by Crippen LogP contribution is -2.55. The first kappa shape index (κ1) is 12.0. The fourth-order valence-corrected chi connectivity index (χ4v) is 5.15. The number of morpholine rings is 1. The Morgan fingerprint density at radius 3 is 3.06 bits per heavy atom. The molecule has 2 fully saturated rings. The van der Waals surface area contributed by atoms with Crippen LogP contribution in [0.4, 0.5) is 0 Å². The van der Waals surface area contributed by atoms with Crippen LogP contribution in [0.3, 0.4) is 0 Å². The Labute approximate surface area is 111 Å². The van der Waals surface area contributed by atoms with E-state index in [-0.39, 0.29) is 5.60 Å². The molecule has 0 bridgehead atoms. The number of hydrogen-bond acceptors (Lipinski definition) is 4. The Hall–Kier alpha value is -0.0300. The van der Waals surface area contributed by atoms with Gasteiger partial charge in [0.2, 0.25) is 0 Å². The van der Waals surface area contributed by atoms with Gasteiger partial charge in [-0.2, -0.15) is 11.8 Å². The largest absolute Gasteiger partial charge is 0.371 e. The first-order valence-corrected chi connectivity index (χ1v) is 8.19. The fraction of sp³-hybridized carbons (Fsp3) is 0.692. The van der Waals surface area contributed by atoms with E-state index in [1.807, 2.05) is 23.1 Å². The summed E-state index contributed by atoms with van der Waals surface area (Å²) in [5, 5.41) is 6.55. The van der Waals surface area contributed by atoms with Crippen LogP contribution >= 0.6 is 23.1 Å². The van der Waals surface area contributed by atoms with Gasteiger partial charge in [0.1, 0.15) is 0 Å². The predicted molar refractivity (Wildman–Crippen MR) is 75.0 cm³/mol. The van der Waals surface area contributed by atoms with Crippen molar-refractivity contribution >= 4 is 23.1 Å². The van der Waals surface area contributed by atoms with Crippen LogP contribution in [-0.4, -0.2) is 29.8 Å². The van der Waals surface area contributed by atoms with E-state index in [1.165, 1.54) is 22.6 Å². The van der Waals surface area contributed by atoms with Crippen LogP contribution < -0.4 is 5.32 Å². The van der Waals surface area contributed by atoms with E-state index >= 15 is 0 Å². The molecule has 0 amide bonds. The average molecular weight is 269 g/mol. The summed E-state index contributed by atoms with van der Waals surface area (Å²) < 4.78 is 6.24. The second kappa shape index (κ2) is 4.57. The minimum Gasteiger partial charge on any atom is -0.371 e. The molecule has 0 aromatic carbocycles. The number of hydrogen-bond donors (Lipinski definition) is 1. The van der Waals surface area contributed by atoms with E-state index in [9.17, 15) is 0 Å². The van der Waals surface area contributed by atoms with Crippen LogP contribution in [0.5, 0.6) is 0 Å². The number of thiophene rings is 1. The van der Waals surface area contributed by atoms with Crippen molar-refractivity contribution < 1.29 is 4.74 Å². The lowest BCUT2D eigenvalue weighted by atomic mass is 9.83. The molecule has 1 spiro atoms. The molecule has 2 aliphatic heterocycles. The zero-order valence-electron chi connectivity index (χ0n) is 10.4. The summed E-state index contributed by atoms with van der Waals surface area (Å²) in [6.45, 7) is 6.32. The van der Waals surface area contributed by atoms with Crippen LogP contribution in [0.25, 0.3) is 0 Å². The highest BCUT2D eigenvalue weighted by Crippen LogP contribution is 2.48. The van der Waals surface area contributed by atoms with E-state index in [2.05, 4.69) is 30.6 Å².